The van der Waals surface area contributed by atoms with E-state index in [1.165, 1.54) is 64.7 Å². The van der Waals surface area contributed by atoms with Crippen LogP contribution in [-0.2, 0) is 9.59 Å². The summed E-state index contributed by atoms with van der Waals surface area (Å²) in [5, 5.41) is 22.6. The maximum atomic E-state index is 9.87. The van der Waals surface area contributed by atoms with Gasteiger partial charge in [0.25, 0.3) is 0 Å². The molecule has 2 saturated heterocycles. The van der Waals surface area contributed by atoms with Crippen LogP contribution in [0.3, 0.4) is 0 Å². The minimum atomic E-state index is -1.27. The van der Waals surface area contributed by atoms with Gasteiger partial charge in [-0.3, -0.25) is 4.79 Å². The second-order valence-electron chi connectivity index (χ2n) is 5.10. The molecule has 4 N–H and O–H groups in total. The minimum absolute atomic E-state index is 0.303. The number of carbonyl (C=O) groups is 2. The largest absolute Gasteiger partial charge is 0.481 e. The van der Waals surface area contributed by atoms with Crippen molar-refractivity contribution < 1.29 is 19.8 Å². The molecule has 2 fully saturated rings. The number of piperidine rings is 2. The number of carboxylic acids is 2. The highest BCUT2D eigenvalue weighted by Gasteiger charge is 2.07. The summed E-state index contributed by atoms with van der Waals surface area (Å²) in [7, 11) is 0. The molecule has 0 spiro atoms. The molecule has 2 heterocycles. The number of rotatable bonds is 3. The molecule has 0 aromatic rings. The lowest BCUT2D eigenvalue weighted by atomic mass is 10.2. The highest BCUT2D eigenvalue weighted by atomic mass is 16.4. The molecule has 122 valence electrons. The van der Waals surface area contributed by atoms with Crippen LogP contribution in [0.4, 0.5) is 0 Å². The summed E-state index contributed by atoms with van der Waals surface area (Å²) in [6, 6.07) is 0. The SMILES string of the molecule is C1CCNCC1.C1CCNCC1.C=C(CC(=O)O)C(=O)O. The topological polar surface area (TPSA) is 98.7 Å². The predicted octanol–water partition coefficient (Wildman–Crippen LogP) is 1.62. The van der Waals surface area contributed by atoms with E-state index in [0.29, 0.717) is 0 Å². The molecular formula is C15H28N2O4. The van der Waals surface area contributed by atoms with E-state index in [1.54, 1.807) is 0 Å². The first-order valence-electron chi connectivity index (χ1n) is 7.58. The summed E-state index contributed by atoms with van der Waals surface area (Å²) < 4.78 is 0. The molecule has 2 aliphatic heterocycles. The first-order chi connectivity index (χ1) is 10.0. The summed E-state index contributed by atoms with van der Waals surface area (Å²) >= 11 is 0. The lowest BCUT2D eigenvalue weighted by Gasteiger charge is -2.08. The molecule has 0 aromatic carbocycles. The first kappa shape index (κ1) is 19.6. The quantitative estimate of drug-likeness (QED) is 0.591. The fourth-order valence-electron chi connectivity index (χ4n) is 1.86. The molecular weight excluding hydrogens is 272 g/mol. The van der Waals surface area contributed by atoms with Crippen LogP contribution in [0.2, 0.25) is 0 Å². The van der Waals surface area contributed by atoms with E-state index in [2.05, 4.69) is 17.2 Å². The van der Waals surface area contributed by atoms with Crippen LogP contribution in [0, 0.1) is 0 Å². The summed E-state index contributed by atoms with van der Waals surface area (Å²) in [6.45, 7) is 8.01. The fraction of sp³-hybridized carbons (Fsp3) is 0.733. The molecule has 21 heavy (non-hydrogen) atoms. The summed E-state index contributed by atoms with van der Waals surface area (Å²) in [6.07, 6.45) is 7.93. The Morgan fingerprint density at radius 3 is 1.29 bits per heavy atom. The van der Waals surface area contributed by atoms with Crippen LogP contribution in [-0.4, -0.2) is 48.3 Å². The van der Waals surface area contributed by atoms with Gasteiger partial charge in [-0.1, -0.05) is 19.4 Å². The van der Waals surface area contributed by atoms with E-state index < -0.39 is 18.4 Å². The normalized spacial score (nSPS) is 17.3. The van der Waals surface area contributed by atoms with Gasteiger partial charge in [0.2, 0.25) is 0 Å². The van der Waals surface area contributed by atoms with Crippen molar-refractivity contribution in [3.8, 4) is 0 Å². The fourth-order valence-corrected chi connectivity index (χ4v) is 1.86. The van der Waals surface area contributed by atoms with Crippen molar-refractivity contribution in [2.75, 3.05) is 26.2 Å². The second-order valence-corrected chi connectivity index (χ2v) is 5.10. The van der Waals surface area contributed by atoms with Gasteiger partial charge in [-0.15, -0.1) is 0 Å². The summed E-state index contributed by atoms with van der Waals surface area (Å²) in [5.41, 5.74) is -0.303. The molecule has 2 rings (SSSR count). The van der Waals surface area contributed by atoms with Gasteiger partial charge < -0.3 is 20.8 Å². The molecule has 0 saturated carbocycles. The average Bonchev–Trinajstić information content (AvgIpc) is 2.51. The van der Waals surface area contributed by atoms with Gasteiger partial charge in [0.05, 0.1) is 6.42 Å². The van der Waals surface area contributed by atoms with Crippen LogP contribution in [0.5, 0.6) is 0 Å². The highest BCUT2D eigenvalue weighted by Crippen LogP contribution is 1.97. The third-order valence-corrected chi connectivity index (χ3v) is 3.08. The Labute approximate surface area is 126 Å². The summed E-state index contributed by atoms with van der Waals surface area (Å²) in [5.74, 6) is -2.44. The number of hydrogen-bond acceptors (Lipinski definition) is 4. The van der Waals surface area contributed by atoms with Crippen molar-refractivity contribution in [3.05, 3.63) is 12.2 Å². The maximum Gasteiger partial charge on any atom is 0.331 e. The molecule has 0 amide bonds. The Morgan fingerprint density at radius 2 is 1.19 bits per heavy atom. The van der Waals surface area contributed by atoms with Crippen molar-refractivity contribution in [2.24, 2.45) is 0 Å². The van der Waals surface area contributed by atoms with Crippen molar-refractivity contribution in [1.29, 1.82) is 0 Å². The van der Waals surface area contributed by atoms with E-state index in [4.69, 9.17) is 10.2 Å². The van der Waals surface area contributed by atoms with Crippen LogP contribution in [0.25, 0.3) is 0 Å². The zero-order valence-corrected chi connectivity index (χ0v) is 12.7. The standard InChI is InChI=1S/2C5H11N.C5H6O4/c2*1-2-4-6-5-3-1;1-3(5(8)9)2-4(6)7/h2*6H,1-5H2;1-2H2,(H,6,7)(H,8,9). The van der Waals surface area contributed by atoms with Gasteiger partial charge in [0, 0.05) is 5.57 Å². The number of aliphatic carboxylic acids is 2. The van der Waals surface area contributed by atoms with E-state index in [0.717, 1.165) is 0 Å². The van der Waals surface area contributed by atoms with E-state index in [9.17, 15) is 9.59 Å². The molecule has 0 bridgehead atoms. The zero-order valence-electron chi connectivity index (χ0n) is 12.7. The van der Waals surface area contributed by atoms with E-state index in [1.807, 2.05) is 0 Å². The van der Waals surface area contributed by atoms with Crippen molar-refractivity contribution in [2.45, 2.75) is 44.9 Å². The third-order valence-electron chi connectivity index (χ3n) is 3.08. The number of nitrogens with one attached hydrogen (secondary N) is 2. The van der Waals surface area contributed by atoms with Crippen LogP contribution < -0.4 is 10.6 Å². The van der Waals surface area contributed by atoms with Gasteiger partial charge in [-0.25, -0.2) is 4.79 Å². The van der Waals surface area contributed by atoms with Crippen LogP contribution in [0.1, 0.15) is 44.9 Å². The molecule has 6 nitrogen and oxygen atoms in total. The second kappa shape index (κ2) is 13.6. The Bertz CT molecular complexity index is 276. The Kier molecular flexibility index (Phi) is 12.7. The Hall–Kier alpha value is -1.40. The molecule has 0 unspecified atom stereocenters. The highest BCUT2D eigenvalue weighted by molar-refractivity contribution is 5.91. The van der Waals surface area contributed by atoms with Crippen LogP contribution in [0.15, 0.2) is 12.2 Å². The van der Waals surface area contributed by atoms with Gasteiger partial charge in [0.1, 0.15) is 0 Å². The van der Waals surface area contributed by atoms with Crippen molar-refractivity contribution in [3.63, 3.8) is 0 Å². The molecule has 0 aliphatic carbocycles. The van der Waals surface area contributed by atoms with E-state index in [-0.39, 0.29) is 5.57 Å². The Balaban J connectivity index is 0.000000293. The monoisotopic (exact) mass is 300 g/mol. The molecule has 2 aliphatic rings. The maximum absolute atomic E-state index is 9.87. The van der Waals surface area contributed by atoms with E-state index >= 15 is 0 Å². The first-order valence-corrected chi connectivity index (χ1v) is 7.58. The number of carboxylic acid groups (broad SMARTS) is 2. The molecule has 0 atom stereocenters. The average molecular weight is 300 g/mol. The van der Waals surface area contributed by atoms with Gasteiger partial charge in [0.15, 0.2) is 0 Å². The smallest absolute Gasteiger partial charge is 0.331 e. The molecule has 6 heteroatoms. The molecule has 0 aromatic heterocycles. The summed E-state index contributed by atoms with van der Waals surface area (Å²) in [4.78, 5) is 19.7. The minimum Gasteiger partial charge on any atom is -0.481 e. The lowest BCUT2D eigenvalue weighted by Crippen LogP contribution is -2.21. The van der Waals surface area contributed by atoms with Crippen molar-refractivity contribution in [1.82, 2.24) is 10.6 Å². The lowest BCUT2D eigenvalue weighted by molar-refractivity contribution is -0.139. The van der Waals surface area contributed by atoms with Gasteiger partial charge >= 0.3 is 11.9 Å². The Morgan fingerprint density at radius 1 is 0.810 bits per heavy atom. The third kappa shape index (κ3) is 14.8. The van der Waals surface area contributed by atoms with Gasteiger partial charge in [-0.05, 0) is 51.9 Å². The van der Waals surface area contributed by atoms with Crippen LogP contribution >= 0.6 is 0 Å². The number of hydrogen-bond donors (Lipinski definition) is 4. The van der Waals surface area contributed by atoms with Gasteiger partial charge in [-0.2, -0.15) is 0 Å². The molecule has 0 radical (unpaired) electrons. The van der Waals surface area contributed by atoms with Crippen molar-refractivity contribution >= 4 is 11.9 Å². The zero-order chi connectivity index (χ0) is 15.9. The predicted molar refractivity (Wildman–Crippen MR) is 82.5 cm³/mol.